The van der Waals surface area contributed by atoms with Gasteiger partial charge in [0.25, 0.3) is 0 Å². The smallest absolute Gasteiger partial charge is 0.154 e. The first kappa shape index (κ1) is 19.4. The van der Waals surface area contributed by atoms with Gasteiger partial charge in [-0.1, -0.05) is 59.6 Å². The number of hydrogen-bond donors (Lipinski definition) is 1. The van der Waals surface area contributed by atoms with Gasteiger partial charge in [0.1, 0.15) is 11.5 Å². The monoisotopic (exact) mass is 447 g/mol. The van der Waals surface area contributed by atoms with Crippen molar-refractivity contribution >= 4 is 33.2 Å². The molecule has 4 nitrogen and oxygen atoms in total. The van der Waals surface area contributed by atoms with E-state index in [1.165, 1.54) is 0 Å². The fourth-order valence-corrected chi connectivity index (χ4v) is 3.46. The molecule has 29 heavy (non-hydrogen) atoms. The lowest BCUT2D eigenvalue weighted by Crippen LogP contribution is -2.19. The second kappa shape index (κ2) is 9.05. The zero-order chi connectivity index (χ0) is 20.1. The highest BCUT2D eigenvalue weighted by atomic mass is 79.9. The summed E-state index contributed by atoms with van der Waals surface area (Å²) in [5.74, 6) is 1.60. The Bertz CT molecular complexity index is 1040. The number of rotatable bonds is 6. The molecule has 0 spiro atoms. The summed E-state index contributed by atoms with van der Waals surface area (Å²) >= 11 is 3.58. The number of nitrogens with zero attached hydrogens (tertiary/aromatic N) is 2. The molecule has 1 aliphatic rings. The van der Waals surface area contributed by atoms with Crippen molar-refractivity contribution in [2.45, 2.75) is 19.8 Å². The quantitative estimate of drug-likeness (QED) is 0.466. The van der Waals surface area contributed by atoms with Crippen LogP contribution in [0.3, 0.4) is 0 Å². The van der Waals surface area contributed by atoms with Crippen LogP contribution in [0, 0.1) is 0 Å². The number of halogens is 1. The van der Waals surface area contributed by atoms with E-state index in [2.05, 4.69) is 34.3 Å². The molecule has 0 radical (unpaired) electrons. The van der Waals surface area contributed by atoms with Crippen LogP contribution in [0.1, 0.15) is 36.5 Å². The lowest BCUT2D eigenvalue weighted by molar-refractivity contribution is 0.309. The van der Waals surface area contributed by atoms with Gasteiger partial charge >= 0.3 is 0 Å². The molecule has 4 rings (SSSR count). The lowest BCUT2D eigenvalue weighted by atomic mass is 10.0. The number of aliphatic imine (C=N–C) groups is 1. The molecule has 0 bridgehead atoms. The summed E-state index contributed by atoms with van der Waals surface area (Å²) in [7, 11) is 0. The minimum atomic E-state index is 0.726. The molecule has 0 amide bonds. The molecule has 3 aromatic carbocycles. The normalized spacial score (nSPS) is 12.9. The third-order valence-corrected chi connectivity index (χ3v) is 5.15. The maximum atomic E-state index is 5.79. The van der Waals surface area contributed by atoms with Gasteiger partial charge in [-0.25, -0.2) is 4.99 Å². The third kappa shape index (κ3) is 4.57. The van der Waals surface area contributed by atoms with Crippen LogP contribution in [0.15, 0.2) is 87.4 Å². The van der Waals surface area contributed by atoms with Crippen LogP contribution < -0.4 is 10.2 Å². The number of fused-ring (bicyclic) bond motifs is 1. The Balaban J connectivity index is 1.70. The molecule has 1 aliphatic heterocycles. The van der Waals surface area contributed by atoms with E-state index < -0.39 is 0 Å². The maximum Gasteiger partial charge on any atom is 0.154 e. The Labute approximate surface area is 179 Å². The maximum absolute atomic E-state index is 5.79. The Hall–Kier alpha value is -2.92. The highest BCUT2D eigenvalue weighted by molar-refractivity contribution is 9.10. The molecule has 0 aromatic heterocycles. The Morgan fingerprint density at radius 2 is 1.72 bits per heavy atom. The highest BCUT2D eigenvalue weighted by Gasteiger charge is 2.17. The van der Waals surface area contributed by atoms with Gasteiger partial charge in [0.15, 0.2) is 5.84 Å². The summed E-state index contributed by atoms with van der Waals surface area (Å²) in [6.45, 7) is 2.90. The van der Waals surface area contributed by atoms with Crippen molar-refractivity contribution in [3.05, 3.63) is 94.0 Å². The Morgan fingerprint density at radius 3 is 2.48 bits per heavy atom. The molecule has 5 heteroatoms. The zero-order valence-corrected chi connectivity index (χ0v) is 17.8. The average Bonchev–Trinajstić information content (AvgIpc) is 2.95. The van der Waals surface area contributed by atoms with Gasteiger partial charge in [-0.05, 0) is 48.9 Å². The fraction of sp³-hybridized carbons (Fsp3) is 0.167. The molecule has 0 saturated heterocycles. The van der Waals surface area contributed by atoms with E-state index in [1.807, 2.05) is 66.7 Å². The van der Waals surface area contributed by atoms with E-state index in [-0.39, 0.29) is 0 Å². The van der Waals surface area contributed by atoms with E-state index in [9.17, 15) is 0 Å². The van der Waals surface area contributed by atoms with Crippen molar-refractivity contribution in [3.8, 4) is 5.75 Å². The minimum absolute atomic E-state index is 0.726. The Morgan fingerprint density at radius 1 is 0.931 bits per heavy atom. The number of ether oxygens (including phenoxy) is 1. The molecule has 0 saturated carbocycles. The first-order valence-electron chi connectivity index (χ1n) is 9.75. The van der Waals surface area contributed by atoms with Crippen molar-refractivity contribution in [3.63, 3.8) is 0 Å². The molecule has 1 N–H and O–H groups in total. The van der Waals surface area contributed by atoms with Crippen LogP contribution in [-0.4, -0.2) is 18.2 Å². The molecule has 0 atom stereocenters. The predicted molar refractivity (Wildman–Crippen MR) is 122 cm³/mol. The molecule has 3 aromatic rings. The topological polar surface area (TPSA) is 46.0 Å². The predicted octanol–water partition coefficient (Wildman–Crippen LogP) is 6.06. The van der Waals surface area contributed by atoms with Gasteiger partial charge < -0.3 is 4.74 Å². The SMILES string of the molecule is CCCCOc1ccc(C2=NNC(c3ccccc3)=Nc3ccc(Br)cc32)cc1. The van der Waals surface area contributed by atoms with Gasteiger partial charge in [-0.3, -0.25) is 5.43 Å². The second-order valence-corrected chi connectivity index (χ2v) is 7.70. The lowest BCUT2D eigenvalue weighted by Gasteiger charge is -2.10. The van der Waals surface area contributed by atoms with Gasteiger partial charge in [-0.2, -0.15) is 5.10 Å². The van der Waals surface area contributed by atoms with Crippen LogP contribution in [0.2, 0.25) is 0 Å². The van der Waals surface area contributed by atoms with Crippen molar-refractivity contribution in [1.82, 2.24) is 5.43 Å². The summed E-state index contributed by atoms with van der Waals surface area (Å²) in [6.07, 6.45) is 2.18. The summed E-state index contributed by atoms with van der Waals surface area (Å²) in [4.78, 5) is 4.84. The molecular weight excluding hydrogens is 426 g/mol. The van der Waals surface area contributed by atoms with Crippen molar-refractivity contribution in [2.24, 2.45) is 10.1 Å². The molecular formula is C24H22BrN3O. The van der Waals surface area contributed by atoms with Crippen molar-refractivity contribution < 1.29 is 4.74 Å². The van der Waals surface area contributed by atoms with Gasteiger partial charge in [0.2, 0.25) is 0 Å². The summed E-state index contributed by atoms with van der Waals surface area (Å²) in [6, 6.07) is 24.2. The number of benzene rings is 3. The number of amidine groups is 1. The fourth-order valence-electron chi connectivity index (χ4n) is 3.10. The number of hydrazone groups is 1. The molecule has 0 unspecified atom stereocenters. The molecule has 0 aliphatic carbocycles. The summed E-state index contributed by atoms with van der Waals surface area (Å²) < 4.78 is 6.78. The van der Waals surface area contributed by atoms with Crippen LogP contribution in [0.25, 0.3) is 0 Å². The van der Waals surface area contributed by atoms with E-state index >= 15 is 0 Å². The second-order valence-electron chi connectivity index (χ2n) is 6.79. The van der Waals surface area contributed by atoms with E-state index in [4.69, 9.17) is 14.8 Å². The number of nitrogens with one attached hydrogen (secondary N) is 1. The van der Waals surface area contributed by atoms with Crippen LogP contribution in [-0.2, 0) is 0 Å². The summed E-state index contributed by atoms with van der Waals surface area (Å²) in [5.41, 5.74) is 7.84. The van der Waals surface area contributed by atoms with Crippen LogP contribution in [0.5, 0.6) is 5.75 Å². The first-order valence-corrected chi connectivity index (χ1v) is 10.5. The first-order chi connectivity index (χ1) is 14.2. The van der Waals surface area contributed by atoms with Crippen molar-refractivity contribution in [2.75, 3.05) is 6.61 Å². The van der Waals surface area contributed by atoms with Gasteiger partial charge in [-0.15, -0.1) is 0 Å². The van der Waals surface area contributed by atoms with Crippen LogP contribution in [0.4, 0.5) is 5.69 Å². The zero-order valence-electron chi connectivity index (χ0n) is 16.2. The van der Waals surface area contributed by atoms with E-state index in [0.29, 0.717) is 0 Å². The summed E-state index contributed by atoms with van der Waals surface area (Å²) in [5, 5.41) is 4.71. The standard InChI is InChI=1S/C24H22BrN3O/c1-2-3-15-29-20-12-9-17(10-13-20)23-21-16-19(25)11-14-22(21)26-24(28-27-23)18-7-5-4-6-8-18/h4-14,16H,2-3,15H2,1H3,(H,26,28). The molecule has 0 fully saturated rings. The third-order valence-electron chi connectivity index (χ3n) is 4.66. The highest BCUT2D eigenvalue weighted by Crippen LogP contribution is 2.29. The van der Waals surface area contributed by atoms with E-state index in [0.717, 1.165) is 63.6 Å². The van der Waals surface area contributed by atoms with E-state index in [1.54, 1.807) is 0 Å². The van der Waals surface area contributed by atoms with Crippen LogP contribution >= 0.6 is 15.9 Å². The molecule has 146 valence electrons. The average molecular weight is 448 g/mol. The van der Waals surface area contributed by atoms with Gasteiger partial charge in [0.05, 0.1) is 12.3 Å². The number of hydrogen-bond acceptors (Lipinski definition) is 4. The largest absolute Gasteiger partial charge is 0.494 e. The van der Waals surface area contributed by atoms with Gasteiger partial charge in [0, 0.05) is 21.2 Å². The van der Waals surface area contributed by atoms with Crippen molar-refractivity contribution in [1.29, 1.82) is 0 Å². The molecule has 1 heterocycles. The minimum Gasteiger partial charge on any atom is -0.494 e. The number of unbranched alkanes of at least 4 members (excludes halogenated alkanes) is 1. The Kier molecular flexibility index (Phi) is 6.06.